The third-order valence-corrected chi connectivity index (χ3v) is 5.16. The number of hydrogen-bond donors (Lipinski definition) is 1. The molecule has 1 N–H and O–H groups in total. The highest BCUT2D eigenvalue weighted by molar-refractivity contribution is 6.30. The van der Waals surface area contributed by atoms with Crippen molar-refractivity contribution >= 4 is 28.9 Å². The van der Waals surface area contributed by atoms with E-state index in [2.05, 4.69) is 24.1 Å². The molecule has 7 heteroatoms. The Morgan fingerprint density at radius 3 is 2.40 bits per heavy atom. The maximum atomic E-state index is 12.3. The van der Waals surface area contributed by atoms with Gasteiger partial charge in [0.15, 0.2) is 0 Å². The Morgan fingerprint density at radius 2 is 1.77 bits per heavy atom. The molecule has 1 saturated heterocycles. The highest BCUT2D eigenvalue weighted by Crippen LogP contribution is 2.22. The van der Waals surface area contributed by atoms with Crippen LogP contribution in [0.1, 0.15) is 13.8 Å². The summed E-state index contributed by atoms with van der Waals surface area (Å²) in [7, 11) is 1.90. The summed E-state index contributed by atoms with van der Waals surface area (Å²) in [5, 5.41) is 3.63. The number of ether oxygens (including phenoxy) is 2. The molecular weight excluding hydrogens is 402 g/mol. The van der Waals surface area contributed by atoms with Gasteiger partial charge in [0.1, 0.15) is 12.4 Å². The van der Waals surface area contributed by atoms with E-state index in [0.717, 1.165) is 30.2 Å². The maximum absolute atomic E-state index is 12.3. The first-order chi connectivity index (χ1) is 14.4. The van der Waals surface area contributed by atoms with Crippen molar-refractivity contribution in [2.75, 3.05) is 50.1 Å². The topological polar surface area (TPSA) is 54.0 Å². The van der Waals surface area contributed by atoms with Crippen LogP contribution in [0.2, 0.25) is 5.02 Å². The number of carbonyl (C=O) groups is 1. The molecule has 0 aliphatic carbocycles. The van der Waals surface area contributed by atoms with Crippen molar-refractivity contribution < 1.29 is 14.3 Å². The summed E-state index contributed by atoms with van der Waals surface area (Å²) < 4.78 is 11.5. The summed E-state index contributed by atoms with van der Waals surface area (Å²) in [6.45, 7) is 7.36. The fourth-order valence-corrected chi connectivity index (χ4v) is 3.65. The number of anilines is 2. The van der Waals surface area contributed by atoms with Gasteiger partial charge in [0.25, 0.3) is 0 Å². The van der Waals surface area contributed by atoms with Crippen molar-refractivity contribution in [1.82, 2.24) is 4.90 Å². The van der Waals surface area contributed by atoms with Crippen LogP contribution < -0.4 is 15.0 Å². The Bertz CT molecular complexity index is 803. The van der Waals surface area contributed by atoms with Gasteiger partial charge in [0, 0.05) is 36.0 Å². The van der Waals surface area contributed by atoms with Crippen molar-refractivity contribution in [2.24, 2.45) is 0 Å². The fraction of sp³-hybridized carbons (Fsp3) is 0.435. The lowest BCUT2D eigenvalue weighted by atomic mass is 10.2. The molecule has 6 nitrogen and oxygen atoms in total. The first-order valence-electron chi connectivity index (χ1n) is 10.3. The molecule has 1 aliphatic rings. The van der Waals surface area contributed by atoms with E-state index in [9.17, 15) is 4.79 Å². The van der Waals surface area contributed by atoms with Gasteiger partial charge in [-0.15, -0.1) is 0 Å². The number of carbonyl (C=O) groups excluding carboxylic acids is 1. The van der Waals surface area contributed by atoms with Crippen molar-refractivity contribution in [3.8, 4) is 5.75 Å². The minimum atomic E-state index is -0.0506. The predicted octanol–water partition coefficient (Wildman–Crippen LogP) is 3.90. The molecule has 30 heavy (non-hydrogen) atoms. The SMILES string of the molecule is CC1CN(c2ccc(NC(=O)CN(C)CCOc3ccc(Cl)cc3)cc2)CC(C)O1. The number of nitrogens with zero attached hydrogens (tertiary/aromatic N) is 2. The lowest BCUT2D eigenvalue weighted by molar-refractivity contribution is -0.117. The van der Waals surface area contributed by atoms with Gasteiger partial charge >= 0.3 is 0 Å². The minimum absolute atomic E-state index is 0.0506. The van der Waals surface area contributed by atoms with Gasteiger partial charge in [0.2, 0.25) is 5.91 Å². The van der Waals surface area contributed by atoms with E-state index in [1.54, 1.807) is 12.1 Å². The largest absolute Gasteiger partial charge is 0.492 e. The lowest BCUT2D eigenvalue weighted by Crippen LogP contribution is -2.45. The summed E-state index contributed by atoms with van der Waals surface area (Å²) in [5.74, 6) is 0.715. The molecule has 0 aromatic heterocycles. The predicted molar refractivity (Wildman–Crippen MR) is 122 cm³/mol. The van der Waals surface area contributed by atoms with E-state index in [1.807, 2.05) is 48.3 Å². The van der Waals surface area contributed by atoms with Crippen LogP contribution in [0.25, 0.3) is 0 Å². The van der Waals surface area contributed by atoms with Gasteiger partial charge in [-0.25, -0.2) is 0 Å². The lowest BCUT2D eigenvalue weighted by Gasteiger charge is -2.36. The van der Waals surface area contributed by atoms with Gasteiger partial charge in [-0.1, -0.05) is 11.6 Å². The van der Waals surface area contributed by atoms with E-state index in [1.165, 1.54) is 0 Å². The van der Waals surface area contributed by atoms with Crippen molar-refractivity contribution in [3.05, 3.63) is 53.6 Å². The number of benzene rings is 2. The second-order valence-electron chi connectivity index (χ2n) is 7.80. The zero-order chi connectivity index (χ0) is 21.5. The summed E-state index contributed by atoms with van der Waals surface area (Å²) in [6, 6.07) is 15.2. The standard InChI is InChI=1S/C23H30ClN3O3/c1-17-14-27(15-18(2)30-17)21-8-6-20(7-9-21)25-23(28)16-26(3)12-13-29-22-10-4-19(24)5-11-22/h4-11,17-18H,12-16H2,1-3H3,(H,25,28). The van der Waals surface area contributed by atoms with Crippen molar-refractivity contribution in [3.63, 3.8) is 0 Å². The summed E-state index contributed by atoms with van der Waals surface area (Å²) in [5.41, 5.74) is 1.94. The Hall–Kier alpha value is -2.28. The van der Waals surface area contributed by atoms with Crippen LogP contribution in [0.5, 0.6) is 5.75 Å². The van der Waals surface area contributed by atoms with E-state index in [0.29, 0.717) is 24.7 Å². The monoisotopic (exact) mass is 431 g/mol. The summed E-state index contributed by atoms with van der Waals surface area (Å²) in [6.07, 6.45) is 0.430. The van der Waals surface area contributed by atoms with E-state index in [-0.39, 0.29) is 18.1 Å². The van der Waals surface area contributed by atoms with Crippen LogP contribution in [0.15, 0.2) is 48.5 Å². The molecule has 2 aromatic rings. The normalized spacial score (nSPS) is 19.0. The number of morpholine rings is 1. The number of rotatable bonds is 8. The van der Waals surface area contributed by atoms with E-state index < -0.39 is 0 Å². The summed E-state index contributed by atoms with van der Waals surface area (Å²) >= 11 is 5.86. The highest BCUT2D eigenvalue weighted by atomic mass is 35.5. The van der Waals surface area contributed by atoms with Crippen molar-refractivity contribution in [1.29, 1.82) is 0 Å². The molecule has 0 spiro atoms. The minimum Gasteiger partial charge on any atom is -0.492 e. The summed E-state index contributed by atoms with van der Waals surface area (Å²) in [4.78, 5) is 16.6. The zero-order valence-corrected chi connectivity index (χ0v) is 18.6. The third-order valence-electron chi connectivity index (χ3n) is 4.90. The van der Waals surface area contributed by atoms with Gasteiger partial charge in [-0.2, -0.15) is 0 Å². The molecule has 2 atom stereocenters. The van der Waals surface area contributed by atoms with Gasteiger partial charge in [0.05, 0.1) is 18.8 Å². The number of hydrogen-bond acceptors (Lipinski definition) is 5. The average molecular weight is 432 g/mol. The molecule has 2 unspecified atom stereocenters. The van der Waals surface area contributed by atoms with Gasteiger partial charge < -0.3 is 19.7 Å². The number of nitrogens with one attached hydrogen (secondary N) is 1. The van der Waals surface area contributed by atoms with Crippen LogP contribution >= 0.6 is 11.6 Å². The maximum Gasteiger partial charge on any atom is 0.238 e. The second kappa shape index (κ2) is 10.7. The Kier molecular flexibility index (Phi) is 7.96. The first kappa shape index (κ1) is 22.4. The number of likely N-dealkylation sites (N-methyl/N-ethyl adjacent to an activating group) is 1. The third kappa shape index (κ3) is 6.90. The van der Waals surface area contributed by atoms with Crippen LogP contribution in [0.4, 0.5) is 11.4 Å². The van der Waals surface area contributed by atoms with Crippen LogP contribution in [0.3, 0.4) is 0 Å². The van der Waals surface area contributed by atoms with Crippen molar-refractivity contribution in [2.45, 2.75) is 26.1 Å². The molecule has 162 valence electrons. The molecule has 0 radical (unpaired) electrons. The van der Waals surface area contributed by atoms with E-state index >= 15 is 0 Å². The van der Waals surface area contributed by atoms with E-state index in [4.69, 9.17) is 21.1 Å². The first-order valence-corrected chi connectivity index (χ1v) is 10.6. The van der Waals surface area contributed by atoms with Gasteiger partial charge in [-0.05, 0) is 69.4 Å². The second-order valence-corrected chi connectivity index (χ2v) is 8.23. The molecule has 3 rings (SSSR count). The highest BCUT2D eigenvalue weighted by Gasteiger charge is 2.22. The number of halogens is 1. The van der Waals surface area contributed by atoms with Crippen LogP contribution in [-0.2, 0) is 9.53 Å². The quantitative estimate of drug-likeness (QED) is 0.686. The smallest absolute Gasteiger partial charge is 0.238 e. The number of amides is 1. The van der Waals surface area contributed by atoms with Gasteiger partial charge in [-0.3, -0.25) is 9.69 Å². The fourth-order valence-electron chi connectivity index (χ4n) is 3.52. The Morgan fingerprint density at radius 1 is 1.13 bits per heavy atom. The molecule has 1 amide bonds. The molecule has 1 aliphatic heterocycles. The molecule has 1 heterocycles. The molecule has 0 saturated carbocycles. The average Bonchev–Trinajstić information content (AvgIpc) is 2.69. The molecule has 0 bridgehead atoms. The Balaban J connectivity index is 1.41. The molecular formula is C23H30ClN3O3. The molecule has 2 aromatic carbocycles. The van der Waals surface area contributed by atoms with Crippen LogP contribution in [0, 0.1) is 0 Å². The zero-order valence-electron chi connectivity index (χ0n) is 17.8. The Labute approximate surface area is 183 Å². The van der Waals surface area contributed by atoms with Crippen LogP contribution in [-0.4, -0.2) is 62.8 Å². The molecule has 1 fully saturated rings.